The van der Waals surface area contributed by atoms with E-state index in [1.165, 1.54) is 0 Å². The third-order valence-corrected chi connectivity index (χ3v) is 3.32. The van der Waals surface area contributed by atoms with Gasteiger partial charge < -0.3 is 16.2 Å². The monoisotopic (exact) mass is 262 g/mol. The van der Waals surface area contributed by atoms with Gasteiger partial charge in [0.15, 0.2) is 0 Å². The lowest BCUT2D eigenvalue weighted by atomic mass is 9.98. The zero-order chi connectivity index (χ0) is 13.1. The first-order valence-corrected chi connectivity index (χ1v) is 6.91. The van der Waals surface area contributed by atoms with Gasteiger partial charge in [-0.25, -0.2) is 0 Å². The molecule has 7 heteroatoms. The summed E-state index contributed by atoms with van der Waals surface area (Å²) in [5, 5.41) is 0. The average Bonchev–Trinajstić information content (AvgIpc) is 2.18. The van der Waals surface area contributed by atoms with Gasteiger partial charge in [0.2, 0.25) is 0 Å². The highest BCUT2D eigenvalue weighted by atomic mass is 32.2. The summed E-state index contributed by atoms with van der Waals surface area (Å²) in [5.41, 5.74) is 13.1. The van der Waals surface area contributed by atoms with Crippen molar-refractivity contribution in [3.8, 4) is 0 Å². The second kappa shape index (κ2) is 5.52. The molecule has 1 rings (SSSR count). The summed E-state index contributed by atoms with van der Waals surface area (Å²) in [4.78, 5) is 0. The maximum absolute atomic E-state index is 10.5. The number of nitrogens with two attached hydrogens (primary N) is 2. The van der Waals surface area contributed by atoms with Gasteiger partial charge in [-0.05, 0) is 19.4 Å². The summed E-state index contributed by atoms with van der Waals surface area (Å²) < 4.78 is 34.8. The number of hydrogen-bond acceptors (Lipinski definition) is 5. The molecule has 1 aliphatic carbocycles. The van der Waals surface area contributed by atoms with E-state index in [9.17, 15) is 8.42 Å². The van der Waals surface area contributed by atoms with E-state index in [1.807, 2.05) is 6.92 Å². The van der Waals surface area contributed by atoms with E-state index in [2.05, 4.69) is 0 Å². The van der Waals surface area contributed by atoms with E-state index in [0.717, 1.165) is 5.57 Å². The Kier molecular flexibility index (Phi) is 4.55. The second-order valence-electron chi connectivity index (χ2n) is 4.07. The first-order valence-electron chi connectivity index (χ1n) is 5.30. The van der Waals surface area contributed by atoms with Crippen molar-refractivity contribution in [3.05, 3.63) is 23.1 Å². The molecule has 0 aromatic heterocycles. The minimum absolute atomic E-state index is 0.112. The Morgan fingerprint density at radius 2 is 2.24 bits per heavy atom. The van der Waals surface area contributed by atoms with Gasteiger partial charge in [0.1, 0.15) is 5.76 Å². The average molecular weight is 262 g/mol. The van der Waals surface area contributed by atoms with E-state index < -0.39 is 10.1 Å². The van der Waals surface area contributed by atoms with Crippen molar-refractivity contribution in [1.82, 2.24) is 0 Å². The van der Waals surface area contributed by atoms with Crippen LogP contribution in [0.25, 0.3) is 0 Å². The molecule has 0 aromatic rings. The lowest BCUT2D eigenvalue weighted by Gasteiger charge is -2.22. The molecule has 98 valence electrons. The molecular weight excluding hydrogens is 244 g/mol. The van der Waals surface area contributed by atoms with Crippen LogP contribution in [-0.2, 0) is 14.9 Å². The van der Waals surface area contributed by atoms with Crippen LogP contribution in [-0.4, -0.2) is 31.4 Å². The Morgan fingerprint density at radius 1 is 1.59 bits per heavy atom. The van der Waals surface area contributed by atoms with Crippen molar-refractivity contribution in [2.24, 2.45) is 11.5 Å². The number of ether oxygens (including phenoxy) is 1. The number of allylic oxidation sites excluding steroid dienone is 1. The van der Waals surface area contributed by atoms with Crippen LogP contribution in [0.5, 0.6) is 0 Å². The van der Waals surface area contributed by atoms with Gasteiger partial charge in [0.25, 0.3) is 10.1 Å². The van der Waals surface area contributed by atoms with Gasteiger partial charge in [0.05, 0.1) is 18.1 Å². The zero-order valence-electron chi connectivity index (χ0n) is 9.72. The molecule has 1 aliphatic rings. The normalized spacial score (nSPS) is 21.4. The molecule has 0 fully saturated rings. The van der Waals surface area contributed by atoms with Crippen molar-refractivity contribution in [3.63, 3.8) is 0 Å². The van der Waals surface area contributed by atoms with Crippen LogP contribution in [0.15, 0.2) is 23.1 Å². The molecule has 1 atom stereocenters. The van der Waals surface area contributed by atoms with Crippen LogP contribution in [0, 0.1) is 0 Å². The molecular formula is C10H18N2O4S. The van der Waals surface area contributed by atoms with Crippen molar-refractivity contribution in [1.29, 1.82) is 0 Å². The number of hydrogen-bond donors (Lipinski definition) is 3. The molecule has 1 unspecified atom stereocenters. The Morgan fingerprint density at radius 3 is 2.82 bits per heavy atom. The first-order chi connectivity index (χ1) is 7.79. The molecule has 0 bridgehead atoms. The molecule has 0 saturated carbocycles. The molecule has 0 aliphatic heterocycles. The Balaban J connectivity index is 2.45. The van der Waals surface area contributed by atoms with Crippen molar-refractivity contribution < 1.29 is 17.7 Å². The van der Waals surface area contributed by atoms with Crippen molar-refractivity contribution >= 4 is 10.1 Å². The Hall–Kier alpha value is -1.05. The van der Waals surface area contributed by atoms with E-state index in [-0.39, 0.29) is 24.8 Å². The fourth-order valence-corrected chi connectivity index (χ4v) is 1.97. The van der Waals surface area contributed by atoms with E-state index in [0.29, 0.717) is 17.9 Å². The smallest absolute Gasteiger partial charge is 0.264 e. The number of rotatable bonds is 5. The van der Waals surface area contributed by atoms with Gasteiger partial charge in [-0.3, -0.25) is 4.55 Å². The van der Waals surface area contributed by atoms with Crippen LogP contribution in [0.3, 0.4) is 0 Å². The topological polar surface area (TPSA) is 116 Å². The van der Waals surface area contributed by atoms with Crippen LogP contribution in [0.2, 0.25) is 0 Å². The molecule has 0 saturated heterocycles. The minimum atomic E-state index is -3.92. The Bertz CT molecular complexity index is 439. The molecule has 0 spiro atoms. The largest absolute Gasteiger partial charge is 0.496 e. The maximum Gasteiger partial charge on any atom is 0.264 e. The molecule has 17 heavy (non-hydrogen) atoms. The molecule has 5 N–H and O–H groups in total. The van der Waals surface area contributed by atoms with E-state index >= 15 is 0 Å². The van der Waals surface area contributed by atoms with E-state index in [1.54, 1.807) is 6.08 Å². The zero-order valence-corrected chi connectivity index (χ0v) is 10.5. The summed E-state index contributed by atoms with van der Waals surface area (Å²) in [6.45, 7) is 2.09. The fraction of sp³-hybridized carbons (Fsp3) is 0.600. The Labute approximate surface area is 101 Å². The molecule has 0 amide bonds. The standard InChI is InChI=1S/C10H18N2O4S/c1-7-5-9(12)10(6-8(7)11)16-3-2-4-17(13,14)15/h5,8H,2-4,6,11-12H2,1H3,(H,13,14,15). The third kappa shape index (κ3) is 4.76. The molecule has 0 radical (unpaired) electrons. The van der Waals surface area contributed by atoms with Crippen LogP contribution >= 0.6 is 0 Å². The quantitative estimate of drug-likeness (QED) is 0.479. The van der Waals surface area contributed by atoms with Crippen LogP contribution < -0.4 is 11.5 Å². The van der Waals surface area contributed by atoms with Crippen LogP contribution in [0.4, 0.5) is 0 Å². The molecule has 0 heterocycles. The minimum Gasteiger partial charge on any atom is -0.496 e. The van der Waals surface area contributed by atoms with Gasteiger partial charge >= 0.3 is 0 Å². The fourth-order valence-electron chi connectivity index (χ4n) is 1.49. The van der Waals surface area contributed by atoms with Gasteiger partial charge in [0, 0.05) is 12.5 Å². The summed E-state index contributed by atoms with van der Waals surface area (Å²) in [6.07, 6.45) is 2.49. The van der Waals surface area contributed by atoms with Crippen LogP contribution in [0.1, 0.15) is 19.8 Å². The van der Waals surface area contributed by atoms with E-state index in [4.69, 9.17) is 20.8 Å². The SMILES string of the molecule is CC1=CC(N)=C(OCCCS(=O)(=O)O)CC1N. The maximum atomic E-state index is 10.5. The highest BCUT2D eigenvalue weighted by Gasteiger charge is 2.17. The van der Waals surface area contributed by atoms with Gasteiger partial charge in [-0.15, -0.1) is 0 Å². The van der Waals surface area contributed by atoms with Gasteiger partial charge in [-0.2, -0.15) is 8.42 Å². The molecule has 6 nitrogen and oxygen atoms in total. The highest BCUT2D eigenvalue weighted by molar-refractivity contribution is 7.85. The first kappa shape index (κ1) is 14.0. The predicted molar refractivity (Wildman–Crippen MR) is 64.5 cm³/mol. The van der Waals surface area contributed by atoms with Crippen molar-refractivity contribution in [2.75, 3.05) is 12.4 Å². The summed E-state index contributed by atoms with van der Waals surface area (Å²) >= 11 is 0. The predicted octanol–water partition coefficient (Wildman–Crippen LogP) is 0.129. The summed E-state index contributed by atoms with van der Waals surface area (Å²) in [6, 6.07) is -0.112. The third-order valence-electron chi connectivity index (χ3n) is 2.52. The van der Waals surface area contributed by atoms with Gasteiger partial charge in [-0.1, -0.05) is 5.57 Å². The van der Waals surface area contributed by atoms with Crippen molar-refractivity contribution in [2.45, 2.75) is 25.8 Å². The summed E-state index contributed by atoms with van der Waals surface area (Å²) in [5.74, 6) is 0.264. The lowest BCUT2D eigenvalue weighted by molar-refractivity contribution is 0.195. The highest BCUT2D eigenvalue weighted by Crippen LogP contribution is 2.21. The summed E-state index contributed by atoms with van der Waals surface area (Å²) in [7, 11) is -3.92. The lowest BCUT2D eigenvalue weighted by Crippen LogP contribution is -2.27. The molecule has 0 aromatic carbocycles. The second-order valence-corrected chi connectivity index (χ2v) is 5.64.